The van der Waals surface area contributed by atoms with E-state index in [-0.39, 0.29) is 17.4 Å². The number of benzene rings is 2. The molecule has 1 aliphatic heterocycles. The van der Waals surface area contributed by atoms with Gasteiger partial charge in [0, 0.05) is 30.8 Å². The lowest BCUT2D eigenvalue weighted by molar-refractivity contribution is -0.120. The SMILES string of the molecule is CC(C)c1ccc(NC(=O)C2CCN(c3ccc(=O)n(-c4cccc(F)c4)n3)CC2)cc1. The standard InChI is InChI=1S/C25H27FN4O2/c1-17(2)18-6-8-21(9-7-18)27-25(32)19-12-14-29(15-13-19)23-10-11-24(31)30(28-23)22-5-3-4-20(26)16-22/h3-11,16-17,19H,12-15H2,1-2H3,(H,27,32). The van der Waals surface area contributed by atoms with Gasteiger partial charge in [-0.3, -0.25) is 9.59 Å². The van der Waals surface area contributed by atoms with Gasteiger partial charge in [-0.1, -0.05) is 32.0 Å². The van der Waals surface area contributed by atoms with Crippen LogP contribution in [0.4, 0.5) is 15.9 Å². The fourth-order valence-corrected chi connectivity index (χ4v) is 3.93. The molecule has 1 N–H and O–H groups in total. The number of aromatic nitrogens is 2. The first-order valence-electron chi connectivity index (χ1n) is 10.9. The van der Waals surface area contributed by atoms with Gasteiger partial charge in [0.05, 0.1) is 5.69 Å². The third-order valence-corrected chi connectivity index (χ3v) is 5.87. The molecule has 1 amide bonds. The summed E-state index contributed by atoms with van der Waals surface area (Å²) in [5.74, 6) is 0.613. The lowest BCUT2D eigenvalue weighted by Crippen LogP contribution is -2.39. The summed E-state index contributed by atoms with van der Waals surface area (Å²) < 4.78 is 14.8. The van der Waals surface area contributed by atoms with E-state index >= 15 is 0 Å². The summed E-state index contributed by atoms with van der Waals surface area (Å²) in [7, 11) is 0. The Labute approximate surface area is 186 Å². The van der Waals surface area contributed by atoms with Crippen molar-refractivity contribution in [2.24, 2.45) is 5.92 Å². The van der Waals surface area contributed by atoms with Gasteiger partial charge in [-0.2, -0.15) is 4.68 Å². The number of halogens is 1. The van der Waals surface area contributed by atoms with Crippen LogP contribution in [0, 0.1) is 11.7 Å². The zero-order valence-corrected chi connectivity index (χ0v) is 18.3. The highest BCUT2D eigenvalue weighted by atomic mass is 19.1. The van der Waals surface area contributed by atoms with E-state index in [0.717, 1.165) is 5.69 Å². The van der Waals surface area contributed by atoms with Crippen molar-refractivity contribution >= 4 is 17.4 Å². The maximum absolute atomic E-state index is 13.6. The number of hydrogen-bond donors (Lipinski definition) is 1. The molecule has 166 valence electrons. The van der Waals surface area contributed by atoms with Crippen LogP contribution < -0.4 is 15.8 Å². The molecule has 0 spiro atoms. The van der Waals surface area contributed by atoms with Crippen molar-refractivity contribution in [2.75, 3.05) is 23.3 Å². The molecule has 1 fully saturated rings. The monoisotopic (exact) mass is 434 g/mol. The van der Waals surface area contributed by atoms with E-state index in [4.69, 9.17) is 0 Å². The highest BCUT2D eigenvalue weighted by molar-refractivity contribution is 5.92. The first-order chi connectivity index (χ1) is 15.4. The quantitative estimate of drug-likeness (QED) is 0.648. The average molecular weight is 435 g/mol. The second-order valence-electron chi connectivity index (χ2n) is 8.45. The number of rotatable bonds is 5. The number of anilines is 2. The van der Waals surface area contributed by atoms with Gasteiger partial charge in [0.2, 0.25) is 5.91 Å². The molecular weight excluding hydrogens is 407 g/mol. The van der Waals surface area contributed by atoms with Crippen LogP contribution in [0.5, 0.6) is 0 Å². The largest absolute Gasteiger partial charge is 0.355 e. The number of hydrogen-bond acceptors (Lipinski definition) is 4. The van der Waals surface area contributed by atoms with E-state index in [1.807, 2.05) is 24.3 Å². The smallest absolute Gasteiger partial charge is 0.271 e. The molecule has 1 saturated heterocycles. The van der Waals surface area contributed by atoms with Crippen molar-refractivity contribution in [2.45, 2.75) is 32.6 Å². The van der Waals surface area contributed by atoms with Gasteiger partial charge in [-0.25, -0.2) is 4.39 Å². The molecule has 0 aliphatic carbocycles. The first-order valence-corrected chi connectivity index (χ1v) is 10.9. The third kappa shape index (κ3) is 4.88. The maximum atomic E-state index is 13.6. The van der Waals surface area contributed by atoms with Crippen LogP contribution in [0.2, 0.25) is 0 Å². The lowest BCUT2D eigenvalue weighted by Gasteiger charge is -2.32. The first kappa shape index (κ1) is 21.7. The molecule has 32 heavy (non-hydrogen) atoms. The highest BCUT2D eigenvalue weighted by Gasteiger charge is 2.26. The van der Waals surface area contributed by atoms with E-state index in [1.165, 1.54) is 28.4 Å². The Hall–Kier alpha value is -3.48. The van der Waals surface area contributed by atoms with Crippen molar-refractivity contribution in [3.8, 4) is 5.69 Å². The molecule has 0 unspecified atom stereocenters. The summed E-state index contributed by atoms with van der Waals surface area (Å²) in [6.45, 7) is 5.58. The van der Waals surface area contributed by atoms with Crippen molar-refractivity contribution in [1.82, 2.24) is 9.78 Å². The molecule has 0 bridgehead atoms. The van der Waals surface area contributed by atoms with Crippen LogP contribution in [-0.4, -0.2) is 28.8 Å². The molecular formula is C25H27FN4O2. The molecule has 0 radical (unpaired) electrons. The van der Waals surface area contributed by atoms with Crippen LogP contribution in [0.25, 0.3) is 5.69 Å². The van der Waals surface area contributed by atoms with Gasteiger partial charge >= 0.3 is 0 Å². The Morgan fingerprint density at radius 2 is 1.78 bits per heavy atom. The van der Waals surface area contributed by atoms with E-state index in [2.05, 4.69) is 29.2 Å². The zero-order valence-electron chi connectivity index (χ0n) is 18.3. The zero-order chi connectivity index (χ0) is 22.7. The van der Waals surface area contributed by atoms with Gasteiger partial charge in [0.15, 0.2) is 0 Å². The normalized spacial score (nSPS) is 14.6. The number of carbonyl (C=O) groups excluding carboxylic acids is 1. The molecule has 1 aromatic heterocycles. The summed E-state index contributed by atoms with van der Waals surface area (Å²) in [4.78, 5) is 27.0. The Balaban J connectivity index is 1.40. The van der Waals surface area contributed by atoms with Gasteiger partial charge < -0.3 is 10.2 Å². The lowest BCUT2D eigenvalue weighted by atomic mass is 9.95. The van der Waals surface area contributed by atoms with Crippen LogP contribution in [-0.2, 0) is 4.79 Å². The topological polar surface area (TPSA) is 67.2 Å². The fraction of sp³-hybridized carbons (Fsp3) is 0.320. The number of nitrogens with zero attached hydrogens (tertiary/aromatic N) is 3. The molecule has 0 atom stereocenters. The number of piperidine rings is 1. The van der Waals surface area contributed by atoms with E-state index in [0.29, 0.717) is 43.4 Å². The summed E-state index contributed by atoms with van der Waals surface area (Å²) in [5, 5.41) is 7.45. The Morgan fingerprint density at radius 1 is 1.06 bits per heavy atom. The summed E-state index contributed by atoms with van der Waals surface area (Å²) in [6, 6.07) is 16.9. The minimum Gasteiger partial charge on any atom is -0.355 e. The minimum absolute atomic E-state index is 0.0274. The number of nitrogens with one attached hydrogen (secondary N) is 1. The van der Waals surface area contributed by atoms with Crippen molar-refractivity contribution in [3.05, 3.63) is 82.4 Å². The Morgan fingerprint density at radius 3 is 2.44 bits per heavy atom. The molecule has 2 aromatic carbocycles. The van der Waals surface area contributed by atoms with Gasteiger partial charge in [0.25, 0.3) is 5.56 Å². The Kier molecular flexibility index (Phi) is 6.35. The summed E-state index contributed by atoms with van der Waals surface area (Å²) in [5.41, 5.74) is 2.11. The highest BCUT2D eigenvalue weighted by Crippen LogP contribution is 2.24. The maximum Gasteiger partial charge on any atom is 0.271 e. The van der Waals surface area contributed by atoms with Crippen LogP contribution in [0.15, 0.2) is 65.5 Å². The van der Waals surface area contributed by atoms with Crippen LogP contribution >= 0.6 is 0 Å². The summed E-state index contributed by atoms with van der Waals surface area (Å²) >= 11 is 0. The molecule has 2 heterocycles. The average Bonchev–Trinajstić information content (AvgIpc) is 2.80. The second kappa shape index (κ2) is 9.34. The predicted octanol–water partition coefficient (Wildman–Crippen LogP) is 4.35. The van der Waals surface area contributed by atoms with Gasteiger partial charge in [-0.15, -0.1) is 5.10 Å². The van der Waals surface area contributed by atoms with Gasteiger partial charge in [0.1, 0.15) is 11.6 Å². The Bertz CT molecular complexity index is 1150. The van der Waals surface area contributed by atoms with Crippen molar-refractivity contribution in [3.63, 3.8) is 0 Å². The van der Waals surface area contributed by atoms with Crippen LogP contribution in [0.3, 0.4) is 0 Å². The van der Waals surface area contributed by atoms with Crippen molar-refractivity contribution in [1.29, 1.82) is 0 Å². The molecule has 0 saturated carbocycles. The number of carbonyl (C=O) groups is 1. The predicted molar refractivity (Wildman–Crippen MR) is 124 cm³/mol. The molecule has 1 aliphatic rings. The fourth-order valence-electron chi connectivity index (χ4n) is 3.93. The van der Waals surface area contributed by atoms with E-state index in [1.54, 1.807) is 18.2 Å². The molecule has 6 nitrogen and oxygen atoms in total. The molecule has 4 rings (SSSR count). The second-order valence-corrected chi connectivity index (χ2v) is 8.45. The van der Waals surface area contributed by atoms with E-state index < -0.39 is 5.82 Å². The summed E-state index contributed by atoms with van der Waals surface area (Å²) in [6.07, 6.45) is 1.38. The molecule has 7 heteroatoms. The van der Waals surface area contributed by atoms with Crippen LogP contribution in [0.1, 0.15) is 38.2 Å². The minimum atomic E-state index is -0.424. The third-order valence-electron chi connectivity index (χ3n) is 5.87. The van der Waals surface area contributed by atoms with Crippen molar-refractivity contribution < 1.29 is 9.18 Å². The van der Waals surface area contributed by atoms with Gasteiger partial charge in [-0.05, 0) is 60.7 Å². The molecule has 3 aromatic rings. The number of amides is 1. The van der Waals surface area contributed by atoms with E-state index in [9.17, 15) is 14.0 Å².